The number of allylic oxidation sites excluding steroid dienone is 1. The van der Waals surface area contributed by atoms with E-state index in [0.717, 1.165) is 0 Å². The molecule has 2 nitrogen and oxygen atoms in total. The third-order valence-corrected chi connectivity index (χ3v) is 0.333. The topological polar surface area (TPSA) is 52.0 Å². The van der Waals surface area contributed by atoms with Crippen molar-refractivity contribution in [1.29, 1.82) is 0 Å². The van der Waals surface area contributed by atoms with Crippen LogP contribution in [0.15, 0.2) is 11.9 Å². The zero-order valence-corrected chi connectivity index (χ0v) is 4.05. The van der Waals surface area contributed by atoms with Crippen LogP contribution in [0, 0.1) is 0 Å². The normalized spacial score (nSPS) is 4.71. The fourth-order valence-electron chi connectivity index (χ4n) is 0. The number of hydrogen-bond acceptors (Lipinski definition) is 2. The van der Waals surface area contributed by atoms with Crippen LogP contribution in [0.3, 0.4) is 0 Å². The Labute approximate surface area is 40.9 Å². The maximum Gasteiger partial charge on any atom is 0.0889 e. The molecule has 0 aliphatic rings. The Morgan fingerprint density at radius 1 is 1.29 bits per heavy atom. The lowest BCUT2D eigenvalue weighted by atomic mass is 10.6. The minimum atomic E-state index is 0. The van der Waals surface area contributed by atoms with Gasteiger partial charge in [-0.1, -0.05) is 0 Å². The lowest BCUT2D eigenvalue weighted by molar-refractivity contribution is 1.11. The minimum Gasteiger partial charge on any atom is -0.386 e. The van der Waals surface area contributed by atoms with E-state index in [4.69, 9.17) is 11.5 Å². The standard InChI is InChI=1S/C3H8N2.2FH/c1-2-3(4)5;;/h2H,4-5H2,1H3;2*1H. The molecule has 0 fully saturated rings. The van der Waals surface area contributed by atoms with Gasteiger partial charge in [0, 0.05) is 0 Å². The van der Waals surface area contributed by atoms with Gasteiger partial charge in [0.05, 0.1) is 5.82 Å². The van der Waals surface area contributed by atoms with E-state index in [9.17, 15) is 0 Å². The Morgan fingerprint density at radius 2 is 1.43 bits per heavy atom. The summed E-state index contributed by atoms with van der Waals surface area (Å²) in [7, 11) is 0. The number of halogens is 2. The molecule has 0 aromatic rings. The van der Waals surface area contributed by atoms with Crippen LogP contribution in [0.25, 0.3) is 0 Å². The van der Waals surface area contributed by atoms with E-state index in [0.29, 0.717) is 5.82 Å². The molecule has 0 aromatic carbocycles. The molecular weight excluding hydrogens is 102 g/mol. The number of hydrogen-bond donors (Lipinski definition) is 2. The predicted molar refractivity (Wildman–Crippen MR) is 27.1 cm³/mol. The first-order valence-electron chi connectivity index (χ1n) is 1.44. The first-order valence-corrected chi connectivity index (χ1v) is 1.44. The van der Waals surface area contributed by atoms with E-state index < -0.39 is 0 Å². The summed E-state index contributed by atoms with van der Waals surface area (Å²) in [5, 5.41) is 0. The second-order valence-corrected chi connectivity index (χ2v) is 0.789. The first-order chi connectivity index (χ1) is 2.27. The smallest absolute Gasteiger partial charge is 0.0889 e. The van der Waals surface area contributed by atoms with Gasteiger partial charge in [0.2, 0.25) is 0 Å². The van der Waals surface area contributed by atoms with E-state index in [1.165, 1.54) is 0 Å². The molecule has 7 heavy (non-hydrogen) atoms. The van der Waals surface area contributed by atoms with Crippen molar-refractivity contribution >= 4 is 0 Å². The Hall–Kier alpha value is -0.800. The molecule has 0 atom stereocenters. The molecule has 0 amide bonds. The summed E-state index contributed by atoms with van der Waals surface area (Å²) in [6.45, 7) is 1.79. The average Bonchev–Trinajstić information content (AvgIpc) is 1.38. The SMILES string of the molecule is CC=C(N)N.F.F. The van der Waals surface area contributed by atoms with E-state index in [-0.39, 0.29) is 9.41 Å². The molecule has 0 unspecified atom stereocenters. The van der Waals surface area contributed by atoms with Crippen LogP contribution in [-0.2, 0) is 0 Å². The highest BCUT2D eigenvalue weighted by atomic mass is 19.0. The molecule has 4 heteroatoms. The molecule has 4 N–H and O–H groups in total. The molecule has 0 aliphatic carbocycles. The molecule has 46 valence electrons. The summed E-state index contributed by atoms with van der Waals surface area (Å²) in [6, 6.07) is 0. The van der Waals surface area contributed by atoms with Gasteiger partial charge in [-0.2, -0.15) is 0 Å². The second kappa shape index (κ2) is 8.96. The number of rotatable bonds is 0. The molecule has 0 aliphatic heterocycles. The highest BCUT2D eigenvalue weighted by Crippen LogP contribution is 1.59. The van der Waals surface area contributed by atoms with Gasteiger partial charge in [0.25, 0.3) is 0 Å². The van der Waals surface area contributed by atoms with E-state index in [1.807, 2.05) is 0 Å². The maximum absolute atomic E-state index is 4.93. The fourth-order valence-corrected chi connectivity index (χ4v) is 0. The van der Waals surface area contributed by atoms with Gasteiger partial charge in [-0.15, -0.1) is 0 Å². The first kappa shape index (κ1) is 16.4. The van der Waals surface area contributed by atoms with Gasteiger partial charge in [0.15, 0.2) is 0 Å². The summed E-state index contributed by atoms with van der Waals surface area (Å²) in [4.78, 5) is 0. The van der Waals surface area contributed by atoms with Crippen molar-refractivity contribution in [3.8, 4) is 0 Å². The van der Waals surface area contributed by atoms with Crippen LogP contribution in [0.2, 0.25) is 0 Å². The van der Waals surface area contributed by atoms with Crippen molar-refractivity contribution < 1.29 is 9.41 Å². The van der Waals surface area contributed by atoms with Crippen LogP contribution in [0.4, 0.5) is 9.41 Å². The van der Waals surface area contributed by atoms with Crippen LogP contribution < -0.4 is 11.5 Å². The Morgan fingerprint density at radius 3 is 1.43 bits per heavy atom. The lowest BCUT2D eigenvalue weighted by Gasteiger charge is -1.78. The van der Waals surface area contributed by atoms with Gasteiger partial charge in [-0.3, -0.25) is 9.41 Å². The van der Waals surface area contributed by atoms with Gasteiger partial charge in [-0.05, 0) is 13.0 Å². The van der Waals surface area contributed by atoms with Crippen LogP contribution in [0.1, 0.15) is 6.92 Å². The zero-order valence-electron chi connectivity index (χ0n) is 4.05. The Balaban J connectivity index is -0.0000000800. The molecule has 0 radical (unpaired) electrons. The molecule has 0 spiro atoms. The fraction of sp³-hybridized carbons (Fsp3) is 0.333. The second-order valence-electron chi connectivity index (χ2n) is 0.789. The minimum absolute atomic E-state index is 0. The summed E-state index contributed by atoms with van der Waals surface area (Å²) < 4.78 is 0. The Kier molecular flexibility index (Phi) is 21.0. The van der Waals surface area contributed by atoms with Crippen LogP contribution >= 0.6 is 0 Å². The highest BCUT2D eigenvalue weighted by Gasteiger charge is 1.59. The summed E-state index contributed by atoms with van der Waals surface area (Å²) in [5.74, 6) is 0.380. The highest BCUT2D eigenvalue weighted by molar-refractivity contribution is 4.84. The molecular formula is C3H10F2N2. The van der Waals surface area contributed by atoms with Crippen LogP contribution in [-0.4, -0.2) is 0 Å². The van der Waals surface area contributed by atoms with Crippen molar-refractivity contribution in [1.82, 2.24) is 0 Å². The van der Waals surface area contributed by atoms with Gasteiger partial charge >= 0.3 is 0 Å². The van der Waals surface area contributed by atoms with Crippen molar-refractivity contribution in [3.05, 3.63) is 11.9 Å². The third-order valence-electron chi connectivity index (χ3n) is 0.333. The van der Waals surface area contributed by atoms with Crippen molar-refractivity contribution in [2.75, 3.05) is 0 Å². The monoisotopic (exact) mass is 112 g/mol. The molecule has 0 heterocycles. The summed E-state index contributed by atoms with van der Waals surface area (Å²) in [5.41, 5.74) is 9.86. The lowest BCUT2D eigenvalue weighted by Crippen LogP contribution is -2.06. The van der Waals surface area contributed by atoms with Crippen molar-refractivity contribution in [3.63, 3.8) is 0 Å². The van der Waals surface area contributed by atoms with Gasteiger partial charge < -0.3 is 11.5 Å². The van der Waals surface area contributed by atoms with Crippen molar-refractivity contribution in [2.24, 2.45) is 11.5 Å². The van der Waals surface area contributed by atoms with E-state index in [2.05, 4.69) is 0 Å². The number of nitrogens with two attached hydrogens (primary N) is 2. The predicted octanol–water partition coefficient (Wildman–Crippen LogP) is 0.0701. The molecule has 0 saturated heterocycles. The quantitative estimate of drug-likeness (QED) is 0.466. The van der Waals surface area contributed by atoms with Crippen molar-refractivity contribution in [2.45, 2.75) is 6.92 Å². The molecule has 0 aromatic heterocycles. The van der Waals surface area contributed by atoms with Gasteiger partial charge in [0.1, 0.15) is 0 Å². The van der Waals surface area contributed by atoms with Crippen LogP contribution in [0.5, 0.6) is 0 Å². The molecule has 0 saturated carbocycles. The molecule has 0 bridgehead atoms. The van der Waals surface area contributed by atoms with Gasteiger partial charge in [-0.25, -0.2) is 0 Å². The van der Waals surface area contributed by atoms with E-state index >= 15 is 0 Å². The summed E-state index contributed by atoms with van der Waals surface area (Å²) in [6.07, 6.45) is 1.64. The maximum atomic E-state index is 4.93. The van der Waals surface area contributed by atoms with E-state index in [1.54, 1.807) is 13.0 Å². The average molecular weight is 112 g/mol. The zero-order chi connectivity index (χ0) is 4.28. The summed E-state index contributed by atoms with van der Waals surface area (Å²) >= 11 is 0. The Bertz CT molecular complexity index is 48.9. The molecule has 0 rings (SSSR count). The largest absolute Gasteiger partial charge is 0.386 e. The third kappa shape index (κ3) is 37.0.